The second-order valence-electron chi connectivity index (χ2n) is 5.47. The summed E-state index contributed by atoms with van der Waals surface area (Å²) in [5.74, 6) is 3.33. The van der Waals surface area contributed by atoms with Crippen LogP contribution in [0.15, 0.2) is 52.7 Å². The van der Waals surface area contributed by atoms with Crippen molar-refractivity contribution in [3.8, 4) is 27.8 Å². The second kappa shape index (κ2) is 7.37. The second-order valence-corrected chi connectivity index (χ2v) is 7.37. The zero-order chi connectivity index (χ0) is 17.1. The zero-order valence-corrected chi connectivity index (χ0v) is 15.4. The molecule has 0 radical (unpaired) electrons. The predicted octanol–water partition coefficient (Wildman–Crippen LogP) is 4.88. The predicted molar refractivity (Wildman–Crippen MR) is 101 cm³/mol. The normalized spacial score (nSPS) is 12.8. The highest BCUT2D eigenvalue weighted by molar-refractivity contribution is 7.98. The van der Waals surface area contributed by atoms with Crippen LogP contribution in [0, 0.1) is 0 Å². The number of rotatable bonds is 5. The van der Waals surface area contributed by atoms with Gasteiger partial charge < -0.3 is 14.2 Å². The Kier molecular flexibility index (Phi) is 4.81. The molecule has 1 aliphatic heterocycles. The van der Waals surface area contributed by atoms with Crippen molar-refractivity contribution >= 4 is 23.1 Å². The Morgan fingerprint density at radius 1 is 1.08 bits per heavy atom. The maximum Gasteiger partial charge on any atom is 0.162 e. The molecular formula is C19H17NO3S2. The van der Waals surface area contributed by atoms with E-state index < -0.39 is 0 Å². The van der Waals surface area contributed by atoms with E-state index in [0.717, 1.165) is 44.2 Å². The largest absolute Gasteiger partial charge is 0.497 e. The Balaban J connectivity index is 1.42. The Morgan fingerprint density at radius 3 is 2.68 bits per heavy atom. The van der Waals surface area contributed by atoms with Gasteiger partial charge in [-0.05, 0) is 42.5 Å². The van der Waals surface area contributed by atoms with Gasteiger partial charge in [-0.2, -0.15) is 0 Å². The van der Waals surface area contributed by atoms with Crippen molar-refractivity contribution in [1.29, 1.82) is 0 Å². The third kappa shape index (κ3) is 3.75. The SMILES string of the molecule is COc1ccc(-c2nc(CSc3ccc4c(c3)OCCO4)cs2)cc1. The number of thiazole rings is 1. The van der Waals surface area contributed by atoms with Crippen LogP contribution in [0.1, 0.15) is 5.69 Å². The first-order chi connectivity index (χ1) is 12.3. The number of methoxy groups -OCH3 is 1. The van der Waals surface area contributed by atoms with Crippen LogP contribution in [0.5, 0.6) is 17.2 Å². The van der Waals surface area contributed by atoms with Crippen LogP contribution in [0.25, 0.3) is 10.6 Å². The summed E-state index contributed by atoms with van der Waals surface area (Å²) >= 11 is 3.41. The Bertz CT molecular complexity index is 861. The maximum absolute atomic E-state index is 5.63. The summed E-state index contributed by atoms with van der Waals surface area (Å²) in [5.41, 5.74) is 2.19. The summed E-state index contributed by atoms with van der Waals surface area (Å²) in [6.07, 6.45) is 0. The Labute approximate surface area is 154 Å². The van der Waals surface area contributed by atoms with E-state index in [1.54, 1.807) is 30.2 Å². The average Bonchev–Trinajstić information content (AvgIpc) is 3.15. The van der Waals surface area contributed by atoms with Gasteiger partial charge in [0, 0.05) is 21.6 Å². The number of ether oxygens (including phenoxy) is 3. The van der Waals surface area contributed by atoms with Crippen LogP contribution in [-0.2, 0) is 5.75 Å². The first-order valence-corrected chi connectivity index (χ1v) is 9.79. The van der Waals surface area contributed by atoms with Crippen LogP contribution >= 0.6 is 23.1 Å². The maximum atomic E-state index is 5.63. The third-order valence-electron chi connectivity index (χ3n) is 3.79. The van der Waals surface area contributed by atoms with Crippen molar-refractivity contribution in [1.82, 2.24) is 4.98 Å². The van der Waals surface area contributed by atoms with Crippen molar-refractivity contribution < 1.29 is 14.2 Å². The molecule has 4 nitrogen and oxygen atoms in total. The summed E-state index contributed by atoms with van der Waals surface area (Å²) in [5, 5.41) is 3.14. The minimum atomic E-state index is 0.610. The van der Waals surface area contributed by atoms with E-state index in [0.29, 0.717) is 13.2 Å². The molecule has 0 spiro atoms. The van der Waals surface area contributed by atoms with Gasteiger partial charge in [0.15, 0.2) is 11.5 Å². The lowest BCUT2D eigenvalue weighted by atomic mass is 10.2. The average molecular weight is 371 g/mol. The molecule has 4 rings (SSSR count). The van der Waals surface area contributed by atoms with Gasteiger partial charge in [0.05, 0.1) is 12.8 Å². The van der Waals surface area contributed by atoms with Crippen LogP contribution in [0.4, 0.5) is 0 Å². The number of hydrogen-bond acceptors (Lipinski definition) is 6. The standard InChI is InChI=1S/C19H17NO3S2/c1-21-15-4-2-13(3-5-15)19-20-14(12-25-19)11-24-16-6-7-17-18(10-16)23-9-8-22-17/h2-7,10,12H,8-9,11H2,1H3. The van der Waals surface area contributed by atoms with E-state index in [4.69, 9.17) is 19.2 Å². The third-order valence-corrected chi connectivity index (χ3v) is 5.76. The van der Waals surface area contributed by atoms with E-state index >= 15 is 0 Å². The van der Waals surface area contributed by atoms with Crippen LogP contribution in [-0.4, -0.2) is 25.3 Å². The molecule has 3 aromatic rings. The molecule has 0 aliphatic carbocycles. The molecular weight excluding hydrogens is 354 g/mol. The fourth-order valence-corrected chi connectivity index (χ4v) is 4.26. The van der Waals surface area contributed by atoms with Gasteiger partial charge in [0.25, 0.3) is 0 Å². The smallest absolute Gasteiger partial charge is 0.162 e. The van der Waals surface area contributed by atoms with Gasteiger partial charge in [0.2, 0.25) is 0 Å². The van der Waals surface area contributed by atoms with Crippen LogP contribution < -0.4 is 14.2 Å². The van der Waals surface area contributed by atoms with Crippen LogP contribution in [0.3, 0.4) is 0 Å². The zero-order valence-electron chi connectivity index (χ0n) is 13.7. The van der Waals surface area contributed by atoms with Crippen molar-refractivity contribution in [2.24, 2.45) is 0 Å². The topological polar surface area (TPSA) is 40.6 Å². The minimum Gasteiger partial charge on any atom is -0.497 e. The Hall–Kier alpha value is -2.18. The van der Waals surface area contributed by atoms with E-state index in [1.165, 1.54) is 0 Å². The number of thioether (sulfide) groups is 1. The summed E-state index contributed by atoms with van der Waals surface area (Å²) in [6, 6.07) is 14.1. The number of nitrogens with zero attached hydrogens (tertiary/aromatic N) is 1. The number of fused-ring (bicyclic) bond motifs is 1. The molecule has 1 aromatic heterocycles. The molecule has 0 atom stereocenters. The molecule has 0 amide bonds. The minimum absolute atomic E-state index is 0.610. The fraction of sp³-hybridized carbons (Fsp3) is 0.211. The fourth-order valence-electron chi connectivity index (χ4n) is 2.51. The molecule has 25 heavy (non-hydrogen) atoms. The van der Waals surface area contributed by atoms with Crippen molar-refractivity contribution in [2.75, 3.05) is 20.3 Å². The molecule has 2 aromatic carbocycles. The summed E-state index contributed by atoms with van der Waals surface area (Å²) in [4.78, 5) is 5.90. The molecule has 0 N–H and O–H groups in total. The summed E-state index contributed by atoms with van der Waals surface area (Å²) < 4.78 is 16.4. The number of hydrogen-bond donors (Lipinski definition) is 0. The molecule has 1 aliphatic rings. The van der Waals surface area contributed by atoms with Gasteiger partial charge in [0.1, 0.15) is 24.0 Å². The van der Waals surface area contributed by atoms with E-state index in [-0.39, 0.29) is 0 Å². The lowest BCUT2D eigenvalue weighted by Gasteiger charge is -2.18. The van der Waals surface area contributed by atoms with Gasteiger partial charge in [-0.1, -0.05) is 0 Å². The highest BCUT2D eigenvalue weighted by atomic mass is 32.2. The van der Waals surface area contributed by atoms with Gasteiger partial charge in [-0.25, -0.2) is 4.98 Å². The number of aromatic nitrogens is 1. The molecule has 0 saturated heterocycles. The lowest BCUT2D eigenvalue weighted by Crippen LogP contribution is -2.15. The number of benzene rings is 2. The molecule has 0 saturated carbocycles. The molecule has 2 heterocycles. The van der Waals surface area contributed by atoms with Crippen molar-refractivity contribution in [2.45, 2.75) is 10.6 Å². The van der Waals surface area contributed by atoms with Crippen molar-refractivity contribution in [3.05, 3.63) is 53.5 Å². The first-order valence-electron chi connectivity index (χ1n) is 7.93. The summed E-state index contributed by atoms with van der Waals surface area (Å²) in [7, 11) is 1.67. The molecule has 128 valence electrons. The monoisotopic (exact) mass is 371 g/mol. The van der Waals surface area contributed by atoms with Gasteiger partial charge in [-0.15, -0.1) is 23.1 Å². The van der Waals surface area contributed by atoms with Crippen molar-refractivity contribution in [3.63, 3.8) is 0 Å². The van der Waals surface area contributed by atoms with Crippen LogP contribution in [0.2, 0.25) is 0 Å². The first kappa shape index (κ1) is 16.3. The summed E-state index contributed by atoms with van der Waals surface area (Å²) in [6.45, 7) is 1.23. The lowest BCUT2D eigenvalue weighted by molar-refractivity contribution is 0.171. The quantitative estimate of drug-likeness (QED) is 0.598. The van der Waals surface area contributed by atoms with Gasteiger partial charge in [-0.3, -0.25) is 0 Å². The van der Waals surface area contributed by atoms with E-state index in [9.17, 15) is 0 Å². The highest BCUT2D eigenvalue weighted by Gasteiger charge is 2.12. The molecule has 0 fully saturated rings. The highest BCUT2D eigenvalue weighted by Crippen LogP contribution is 2.35. The molecule has 0 unspecified atom stereocenters. The van der Waals surface area contributed by atoms with E-state index in [2.05, 4.69) is 11.4 Å². The Morgan fingerprint density at radius 2 is 1.88 bits per heavy atom. The van der Waals surface area contributed by atoms with E-state index in [1.807, 2.05) is 36.4 Å². The molecule has 6 heteroatoms. The molecule has 0 bridgehead atoms. The van der Waals surface area contributed by atoms with Gasteiger partial charge >= 0.3 is 0 Å².